The van der Waals surface area contributed by atoms with E-state index in [4.69, 9.17) is 9.47 Å². The second-order valence-electron chi connectivity index (χ2n) is 5.74. The maximum absolute atomic E-state index is 12.0. The lowest BCUT2D eigenvalue weighted by Gasteiger charge is -2.28. The van der Waals surface area contributed by atoms with E-state index >= 15 is 0 Å². The number of anilines is 2. The summed E-state index contributed by atoms with van der Waals surface area (Å²) in [6.07, 6.45) is 3.30. The van der Waals surface area contributed by atoms with E-state index < -0.39 is 0 Å². The first kappa shape index (κ1) is 17.0. The number of ether oxygens (including phenoxy) is 2. The predicted molar refractivity (Wildman–Crippen MR) is 100 cm³/mol. The fraction of sp³-hybridized carbons (Fsp3) is 0.250. The minimum atomic E-state index is -0.157. The summed E-state index contributed by atoms with van der Waals surface area (Å²) in [7, 11) is 1.63. The average Bonchev–Trinajstić information content (AvgIpc) is 2.68. The molecule has 3 rings (SSSR count). The number of carbonyl (C=O) groups is 1. The van der Waals surface area contributed by atoms with Gasteiger partial charge in [-0.3, -0.25) is 4.79 Å². The fourth-order valence-corrected chi connectivity index (χ4v) is 2.65. The van der Waals surface area contributed by atoms with Crippen molar-refractivity contribution in [1.82, 2.24) is 0 Å². The van der Waals surface area contributed by atoms with Crippen molar-refractivity contribution in [1.29, 1.82) is 0 Å². The fourth-order valence-electron chi connectivity index (χ4n) is 2.65. The molecule has 130 valence electrons. The maximum Gasteiger partial charge on any atom is 0.248 e. The summed E-state index contributed by atoms with van der Waals surface area (Å²) in [4.78, 5) is 14.3. The summed E-state index contributed by atoms with van der Waals surface area (Å²) < 4.78 is 10.5. The molecule has 2 aromatic rings. The molecule has 1 heterocycles. The standard InChI is InChI=1S/C20H22N2O3/c1-24-19-9-2-16(3-10-19)4-11-20(23)21-17-5-7-18(8-6-17)22-12-14-25-15-13-22/h2-11H,12-15H2,1H3,(H,21,23)/b11-4+. The van der Waals surface area contributed by atoms with Gasteiger partial charge >= 0.3 is 0 Å². The zero-order valence-corrected chi connectivity index (χ0v) is 14.3. The van der Waals surface area contributed by atoms with Crippen molar-refractivity contribution >= 4 is 23.4 Å². The SMILES string of the molecule is COc1ccc(/C=C/C(=O)Nc2ccc(N3CCOCC3)cc2)cc1. The van der Waals surface area contributed by atoms with Crippen LogP contribution in [0.25, 0.3) is 6.08 Å². The molecule has 1 N–H and O–H groups in total. The Balaban J connectivity index is 1.55. The largest absolute Gasteiger partial charge is 0.497 e. The van der Waals surface area contributed by atoms with Crippen LogP contribution in [0.15, 0.2) is 54.6 Å². The van der Waals surface area contributed by atoms with Gasteiger partial charge in [-0.2, -0.15) is 0 Å². The molecule has 25 heavy (non-hydrogen) atoms. The van der Waals surface area contributed by atoms with Gasteiger partial charge in [0.2, 0.25) is 5.91 Å². The molecule has 0 atom stereocenters. The third-order valence-corrected chi connectivity index (χ3v) is 4.05. The highest BCUT2D eigenvalue weighted by atomic mass is 16.5. The molecule has 1 aliphatic rings. The van der Waals surface area contributed by atoms with Crippen LogP contribution in [0.2, 0.25) is 0 Å². The number of hydrogen-bond donors (Lipinski definition) is 1. The number of rotatable bonds is 5. The van der Waals surface area contributed by atoms with Gasteiger partial charge < -0.3 is 19.7 Å². The first-order valence-corrected chi connectivity index (χ1v) is 8.30. The summed E-state index contributed by atoms with van der Waals surface area (Å²) in [6, 6.07) is 15.4. The Morgan fingerprint density at radius 1 is 1.08 bits per heavy atom. The maximum atomic E-state index is 12.0. The summed E-state index contributed by atoms with van der Waals surface area (Å²) in [5.41, 5.74) is 2.87. The highest BCUT2D eigenvalue weighted by Gasteiger charge is 2.10. The minimum absolute atomic E-state index is 0.157. The molecular formula is C20H22N2O3. The van der Waals surface area contributed by atoms with Crippen LogP contribution in [-0.2, 0) is 9.53 Å². The van der Waals surface area contributed by atoms with Gasteiger partial charge in [0.15, 0.2) is 0 Å². The molecule has 0 unspecified atom stereocenters. The van der Waals surface area contributed by atoms with Crippen LogP contribution in [-0.4, -0.2) is 39.3 Å². The van der Waals surface area contributed by atoms with Gasteiger partial charge in [0.1, 0.15) is 5.75 Å². The Hall–Kier alpha value is -2.79. The monoisotopic (exact) mass is 338 g/mol. The van der Waals surface area contributed by atoms with Crippen molar-refractivity contribution in [2.75, 3.05) is 43.6 Å². The number of morpholine rings is 1. The van der Waals surface area contributed by atoms with Gasteiger partial charge in [-0.1, -0.05) is 12.1 Å². The van der Waals surface area contributed by atoms with Crippen LogP contribution in [0.1, 0.15) is 5.56 Å². The van der Waals surface area contributed by atoms with Gasteiger partial charge in [0, 0.05) is 30.5 Å². The zero-order valence-electron chi connectivity index (χ0n) is 14.3. The van der Waals surface area contributed by atoms with E-state index in [1.165, 1.54) is 6.08 Å². The van der Waals surface area contributed by atoms with E-state index in [2.05, 4.69) is 10.2 Å². The smallest absolute Gasteiger partial charge is 0.248 e. The van der Waals surface area contributed by atoms with Crippen LogP contribution in [0.4, 0.5) is 11.4 Å². The van der Waals surface area contributed by atoms with Crippen molar-refractivity contribution in [3.05, 3.63) is 60.2 Å². The number of carbonyl (C=O) groups excluding carboxylic acids is 1. The molecule has 0 bridgehead atoms. The van der Waals surface area contributed by atoms with Crippen LogP contribution < -0.4 is 15.0 Å². The molecule has 0 aromatic heterocycles. The number of nitrogens with zero attached hydrogens (tertiary/aromatic N) is 1. The number of methoxy groups -OCH3 is 1. The van der Waals surface area contributed by atoms with E-state index in [-0.39, 0.29) is 5.91 Å². The lowest BCUT2D eigenvalue weighted by Crippen LogP contribution is -2.36. The Morgan fingerprint density at radius 2 is 1.76 bits per heavy atom. The molecule has 5 nitrogen and oxygen atoms in total. The van der Waals surface area contributed by atoms with Crippen molar-refractivity contribution in [3.63, 3.8) is 0 Å². The van der Waals surface area contributed by atoms with E-state index in [0.29, 0.717) is 0 Å². The van der Waals surface area contributed by atoms with Gasteiger partial charge in [-0.25, -0.2) is 0 Å². The molecule has 1 saturated heterocycles. The molecule has 0 radical (unpaired) electrons. The Morgan fingerprint density at radius 3 is 2.40 bits per heavy atom. The first-order valence-electron chi connectivity index (χ1n) is 8.30. The van der Waals surface area contributed by atoms with E-state index in [1.807, 2.05) is 48.5 Å². The molecule has 1 fully saturated rings. The van der Waals surface area contributed by atoms with E-state index in [1.54, 1.807) is 13.2 Å². The van der Waals surface area contributed by atoms with E-state index in [9.17, 15) is 4.79 Å². The molecule has 1 amide bonds. The number of amides is 1. The quantitative estimate of drug-likeness (QED) is 0.851. The lowest BCUT2D eigenvalue weighted by atomic mass is 10.2. The molecular weight excluding hydrogens is 316 g/mol. The summed E-state index contributed by atoms with van der Waals surface area (Å²) in [5, 5.41) is 2.87. The highest BCUT2D eigenvalue weighted by molar-refractivity contribution is 6.02. The van der Waals surface area contributed by atoms with Gasteiger partial charge in [-0.15, -0.1) is 0 Å². The molecule has 0 spiro atoms. The van der Waals surface area contributed by atoms with Crippen molar-refractivity contribution in [2.24, 2.45) is 0 Å². The molecule has 1 aliphatic heterocycles. The Kier molecular flexibility index (Phi) is 5.69. The highest BCUT2D eigenvalue weighted by Crippen LogP contribution is 2.19. The van der Waals surface area contributed by atoms with Gasteiger partial charge in [0.05, 0.1) is 20.3 Å². The van der Waals surface area contributed by atoms with E-state index in [0.717, 1.165) is 49.0 Å². The lowest BCUT2D eigenvalue weighted by molar-refractivity contribution is -0.111. The van der Waals surface area contributed by atoms with Crippen molar-refractivity contribution in [3.8, 4) is 5.75 Å². The predicted octanol–water partition coefficient (Wildman–Crippen LogP) is 3.18. The van der Waals surface area contributed by atoms with Crippen LogP contribution >= 0.6 is 0 Å². The van der Waals surface area contributed by atoms with Gasteiger partial charge in [0.25, 0.3) is 0 Å². The van der Waals surface area contributed by atoms with Crippen molar-refractivity contribution in [2.45, 2.75) is 0 Å². The summed E-state index contributed by atoms with van der Waals surface area (Å²) in [6.45, 7) is 3.32. The van der Waals surface area contributed by atoms with Crippen LogP contribution in [0, 0.1) is 0 Å². The third-order valence-electron chi connectivity index (χ3n) is 4.05. The van der Waals surface area contributed by atoms with Gasteiger partial charge in [-0.05, 0) is 48.0 Å². The normalized spacial score (nSPS) is 14.5. The zero-order chi connectivity index (χ0) is 17.5. The molecule has 0 aliphatic carbocycles. The number of hydrogen-bond acceptors (Lipinski definition) is 4. The Bertz CT molecular complexity index is 718. The summed E-state index contributed by atoms with van der Waals surface area (Å²) in [5.74, 6) is 0.636. The Labute approximate surface area is 147 Å². The molecule has 5 heteroatoms. The number of nitrogens with one attached hydrogen (secondary N) is 1. The molecule has 2 aromatic carbocycles. The second kappa shape index (κ2) is 8.35. The van der Waals surface area contributed by atoms with Crippen molar-refractivity contribution < 1.29 is 14.3 Å². The second-order valence-corrected chi connectivity index (χ2v) is 5.74. The minimum Gasteiger partial charge on any atom is -0.497 e. The third kappa shape index (κ3) is 4.84. The first-order chi connectivity index (χ1) is 12.2. The topological polar surface area (TPSA) is 50.8 Å². The van der Waals surface area contributed by atoms with Crippen LogP contribution in [0.3, 0.4) is 0 Å². The number of benzene rings is 2. The van der Waals surface area contributed by atoms with Crippen LogP contribution in [0.5, 0.6) is 5.75 Å². The molecule has 0 saturated carbocycles. The summed E-state index contributed by atoms with van der Waals surface area (Å²) >= 11 is 0. The average molecular weight is 338 g/mol.